The number of hydrogen-bond acceptors (Lipinski definition) is 8. The highest BCUT2D eigenvalue weighted by atomic mass is 16.5. The molecule has 2 heterocycles. The SMILES string of the molecule is COCCCN1CCOc2ccc(COC3CNC(CC(C)(C)C(=O)N=O)CC3c3ccc(OC)cc3)cc21. The number of rotatable bonds is 12. The van der Waals surface area contributed by atoms with E-state index < -0.39 is 11.3 Å². The molecule has 3 atom stereocenters. The minimum absolute atomic E-state index is 0.0548. The van der Waals surface area contributed by atoms with Crippen molar-refractivity contribution >= 4 is 11.6 Å². The predicted molar refractivity (Wildman–Crippen MR) is 151 cm³/mol. The first-order valence-electron chi connectivity index (χ1n) is 13.7. The highest BCUT2D eigenvalue weighted by molar-refractivity contribution is 5.82. The molecule has 1 fully saturated rings. The number of amides is 1. The second-order valence-electron chi connectivity index (χ2n) is 11.0. The fourth-order valence-corrected chi connectivity index (χ4v) is 5.57. The van der Waals surface area contributed by atoms with Crippen molar-refractivity contribution in [2.24, 2.45) is 10.6 Å². The van der Waals surface area contributed by atoms with Crippen LogP contribution in [0.1, 0.15) is 50.2 Å². The maximum Gasteiger partial charge on any atom is 0.291 e. The Morgan fingerprint density at radius 3 is 2.69 bits per heavy atom. The van der Waals surface area contributed by atoms with Crippen LogP contribution in [0, 0.1) is 10.3 Å². The van der Waals surface area contributed by atoms with Gasteiger partial charge in [0.25, 0.3) is 5.91 Å². The third-order valence-corrected chi connectivity index (χ3v) is 7.78. The molecule has 1 N–H and O–H groups in total. The molecule has 2 aromatic carbocycles. The summed E-state index contributed by atoms with van der Waals surface area (Å²) in [6, 6.07) is 14.4. The summed E-state index contributed by atoms with van der Waals surface area (Å²) in [5.74, 6) is 1.21. The Bertz CT molecular complexity index is 1110. The van der Waals surface area contributed by atoms with E-state index in [-0.39, 0.29) is 18.1 Å². The van der Waals surface area contributed by atoms with Gasteiger partial charge in [-0.05, 0) is 54.7 Å². The molecule has 2 aromatic rings. The standard InChI is InChI=1S/C30H41N3O6/c1-30(2,29(34)32-35)18-23-17-25(22-7-9-24(37-4)10-8-22)28(19-31-23)39-20-21-6-11-27-26(16-21)33(13-15-38-27)12-5-14-36-3/h6-11,16,23,25,28,31H,5,12-15,17-20H2,1-4H3. The van der Waals surface area contributed by atoms with Gasteiger partial charge in [0.05, 0.1) is 37.5 Å². The Morgan fingerprint density at radius 1 is 1.18 bits per heavy atom. The predicted octanol–water partition coefficient (Wildman–Crippen LogP) is 4.67. The molecule has 0 radical (unpaired) electrons. The minimum Gasteiger partial charge on any atom is -0.497 e. The van der Waals surface area contributed by atoms with Crippen molar-refractivity contribution in [3.63, 3.8) is 0 Å². The molecule has 9 heteroatoms. The molecule has 2 aliphatic heterocycles. The second kappa shape index (κ2) is 13.4. The first kappa shape index (κ1) is 29.0. The van der Waals surface area contributed by atoms with Crippen LogP contribution in [-0.2, 0) is 20.9 Å². The Morgan fingerprint density at radius 2 is 1.97 bits per heavy atom. The highest BCUT2D eigenvalue weighted by Gasteiger charge is 2.38. The first-order valence-corrected chi connectivity index (χ1v) is 13.7. The molecule has 2 aliphatic rings. The molecule has 4 rings (SSSR count). The summed E-state index contributed by atoms with van der Waals surface area (Å²) < 4.78 is 23.0. The number of hydrogen-bond donors (Lipinski definition) is 1. The number of carbonyl (C=O) groups is 1. The van der Waals surface area contributed by atoms with Gasteiger partial charge in [0.1, 0.15) is 18.1 Å². The largest absolute Gasteiger partial charge is 0.497 e. The quantitative estimate of drug-likeness (QED) is 0.307. The van der Waals surface area contributed by atoms with Crippen molar-refractivity contribution in [2.75, 3.05) is 52.0 Å². The maximum atomic E-state index is 12.1. The van der Waals surface area contributed by atoms with Crippen LogP contribution in [0.3, 0.4) is 0 Å². The summed E-state index contributed by atoms with van der Waals surface area (Å²) in [5, 5.41) is 6.25. The molecule has 9 nitrogen and oxygen atoms in total. The van der Waals surface area contributed by atoms with Crippen LogP contribution in [-0.4, -0.2) is 65.1 Å². The van der Waals surface area contributed by atoms with Gasteiger partial charge in [-0.2, -0.15) is 0 Å². The molecule has 0 spiro atoms. The summed E-state index contributed by atoms with van der Waals surface area (Å²) in [7, 11) is 3.39. The van der Waals surface area contributed by atoms with E-state index in [0.29, 0.717) is 26.2 Å². The number of methoxy groups -OCH3 is 2. The Kier molecular flexibility index (Phi) is 9.94. The van der Waals surface area contributed by atoms with E-state index in [0.717, 1.165) is 60.9 Å². The topological polar surface area (TPSA) is 98.7 Å². The summed E-state index contributed by atoms with van der Waals surface area (Å²) in [6.07, 6.45) is 2.20. The zero-order valence-corrected chi connectivity index (χ0v) is 23.5. The lowest BCUT2D eigenvalue weighted by atomic mass is 9.77. The first-order chi connectivity index (χ1) is 18.8. The molecule has 1 amide bonds. The number of nitrogens with one attached hydrogen (secondary N) is 1. The van der Waals surface area contributed by atoms with Crippen molar-refractivity contribution in [1.29, 1.82) is 0 Å². The number of nitrogens with zero attached hydrogens (tertiary/aromatic N) is 2. The summed E-state index contributed by atoms with van der Waals surface area (Å²) >= 11 is 0. The average molecular weight is 540 g/mol. The van der Waals surface area contributed by atoms with Crippen LogP contribution in [0.25, 0.3) is 0 Å². The molecule has 212 valence electrons. The Labute approximate surface area is 231 Å². The minimum atomic E-state index is -0.822. The number of ether oxygens (including phenoxy) is 4. The molecule has 0 saturated carbocycles. The maximum absolute atomic E-state index is 12.1. The number of piperidine rings is 1. The van der Waals surface area contributed by atoms with Crippen LogP contribution in [0.5, 0.6) is 11.5 Å². The Balaban J connectivity index is 1.47. The highest BCUT2D eigenvalue weighted by Crippen LogP contribution is 2.37. The van der Waals surface area contributed by atoms with E-state index in [1.165, 1.54) is 0 Å². The van der Waals surface area contributed by atoms with E-state index in [2.05, 4.69) is 39.7 Å². The zero-order valence-electron chi connectivity index (χ0n) is 23.5. The van der Waals surface area contributed by atoms with Crippen LogP contribution in [0.15, 0.2) is 47.6 Å². The van der Waals surface area contributed by atoms with Gasteiger partial charge in [-0.1, -0.05) is 32.0 Å². The lowest BCUT2D eigenvalue weighted by Crippen LogP contribution is -2.49. The zero-order chi connectivity index (χ0) is 27.8. The van der Waals surface area contributed by atoms with Crippen molar-refractivity contribution in [3.8, 4) is 11.5 Å². The lowest BCUT2D eigenvalue weighted by Gasteiger charge is -2.39. The number of benzene rings is 2. The van der Waals surface area contributed by atoms with Crippen molar-refractivity contribution in [2.45, 2.75) is 57.8 Å². The number of anilines is 1. The fourth-order valence-electron chi connectivity index (χ4n) is 5.57. The summed E-state index contributed by atoms with van der Waals surface area (Å²) in [6.45, 7) is 7.85. The third-order valence-electron chi connectivity index (χ3n) is 7.78. The van der Waals surface area contributed by atoms with Gasteiger partial charge in [0, 0.05) is 43.9 Å². The van der Waals surface area contributed by atoms with Crippen molar-refractivity contribution in [1.82, 2.24) is 5.32 Å². The molecule has 39 heavy (non-hydrogen) atoms. The van der Waals surface area contributed by atoms with E-state index in [9.17, 15) is 9.70 Å². The van der Waals surface area contributed by atoms with E-state index in [4.69, 9.17) is 18.9 Å². The van der Waals surface area contributed by atoms with Gasteiger partial charge in [-0.15, -0.1) is 4.91 Å². The molecule has 3 unspecified atom stereocenters. The van der Waals surface area contributed by atoms with E-state index in [1.807, 2.05) is 18.2 Å². The number of carbonyl (C=O) groups excluding carboxylic acids is 1. The van der Waals surface area contributed by atoms with Crippen LogP contribution in [0.4, 0.5) is 5.69 Å². The molecular formula is C30H41N3O6. The average Bonchev–Trinajstić information content (AvgIpc) is 2.96. The summed E-state index contributed by atoms with van der Waals surface area (Å²) in [4.78, 5) is 25.4. The van der Waals surface area contributed by atoms with Gasteiger partial charge < -0.3 is 29.2 Å². The molecule has 0 bridgehead atoms. The molecule has 0 aliphatic carbocycles. The van der Waals surface area contributed by atoms with Crippen molar-refractivity contribution in [3.05, 3.63) is 58.5 Å². The Hall–Kier alpha value is -3.01. The number of fused-ring (bicyclic) bond motifs is 1. The monoisotopic (exact) mass is 539 g/mol. The van der Waals surface area contributed by atoms with Crippen LogP contribution < -0.4 is 19.7 Å². The van der Waals surface area contributed by atoms with Gasteiger partial charge in [0.15, 0.2) is 0 Å². The van der Waals surface area contributed by atoms with Gasteiger partial charge in [-0.25, -0.2) is 0 Å². The second-order valence-corrected chi connectivity index (χ2v) is 11.0. The fraction of sp³-hybridized carbons (Fsp3) is 0.567. The molecule has 0 aromatic heterocycles. The summed E-state index contributed by atoms with van der Waals surface area (Å²) in [5.41, 5.74) is 2.53. The van der Waals surface area contributed by atoms with Crippen LogP contribution >= 0.6 is 0 Å². The number of nitroso groups, excluding NO2 is 1. The lowest BCUT2D eigenvalue weighted by molar-refractivity contribution is -0.126. The van der Waals surface area contributed by atoms with Crippen LogP contribution in [0.2, 0.25) is 0 Å². The van der Waals surface area contributed by atoms with Gasteiger partial charge >= 0.3 is 0 Å². The van der Waals surface area contributed by atoms with Gasteiger partial charge in [0.2, 0.25) is 0 Å². The smallest absolute Gasteiger partial charge is 0.291 e. The normalized spacial score (nSPS) is 21.1. The third kappa shape index (κ3) is 7.35. The van der Waals surface area contributed by atoms with E-state index >= 15 is 0 Å². The molecule has 1 saturated heterocycles. The van der Waals surface area contributed by atoms with E-state index in [1.54, 1.807) is 28.1 Å². The van der Waals surface area contributed by atoms with Gasteiger partial charge in [-0.3, -0.25) is 4.79 Å². The molecular weight excluding hydrogens is 498 g/mol. The van der Waals surface area contributed by atoms with Crippen molar-refractivity contribution < 1.29 is 23.7 Å².